The van der Waals surface area contributed by atoms with E-state index >= 15 is 0 Å². The molecule has 5 nitrogen and oxygen atoms in total. The summed E-state index contributed by atoms with van der Waals surface area (Å²) in [7, 11) is 1.72. The summed E-state index contributed by atoms with van der Waals surface area (Å²) in [5.41, 5.74) is -0.351. The fraction of sp³-hybridized carbons (Fsp3) is 0.500. The van der Waals surface area contributed by atoms with Gasteiger partial charge in [-0.2, -0.15) is 21.0 Å². The molecule has 0 aromatic rings. The molecule has 124 valence electrons. The Morgan fingerprint density at radius 1 is 1.16 bits per heavy atom. The average Bonchev–Trinajstić information content (AvgIpc) is 2.86. The molecule has 0 amide bonds. The topological polar surface area (TPSA) is 107 Å². The fourth-order valence-corrected chi connectivity index (χ4v) is 4.60. The minimum Gasteiger partial charge on any atom is -0.307 e. The van der Waals surface area contributed by atoms with Gasteiger partial charge in [0.2, 0.25) is 0 Å². The first-order valence-corrected chi connectivity index (χ1v) is 8.20. The third kappa shape index (κ3) is 2.24. The van der Waals surface area contributed by atoms with Crippen LogP contribution in [0.3, 0.4) is 0 Å². The number of likely N-dealkylation sites (N-methyl/N-ethyl adjacent to an activating group) is 1. The second-order valence-corrected chi connectivity index (χ2v) is 6.65. The molecule has 0 radical (unpaired) electrons. The molecule has 2 unspecified atom stereocenters. The van der Waals surface area contributed by atoms with Crippen LogP contribution >= 0.6 is 0 Å². The van der Waals surface area contributed by atoms with E-state index in [-0.39, 0.29) is 23.0 Å². The number of allylic oxidation sites excluding steroid dienone is 2. The molecule has 25 heavy (non-hydrogen) atoms. The van der Waals surface area contributed by atoms with E-state index in [0.29, 0.717) is 24.0 Å². The molecule has 4 atom stereocenters. The molecule has 2 aliphatic carbocycles. The molecule has 5 heteroatoms. The van der Waals surface area contributed by atoms with Crippen LogP contribution in [0.5, 0.6) is 0 Å². The molecule has 1 fully saturated rings. The van der Waals surface area contributed by atoms with E-state index in [2.05, 4.69) is 17.2 Å². The highest BCUT2D eigenvalue weighted by atomic mass is 15.0. The number of rotatable bonds is 2. The molecular weight excluding hydrogens is 310 g/mol. The Kier molecular flexibility index (Phi) is 4.73. The maximum Gasteiger partial charge on any atom is 0.132 e. The maximum absolute atomic E-state index is 9.57. The molecule has 0 heterocycles. The van der Waals surface area contributed by atoms with E-state index in [1.807, 2.05) is 45.0 Å². The molecule has 2 aliphatic rings. The van der Waals surface area contributed by atoms with Gasteiger partial charge in [0, 0.05) is 17.9 Å². The number of nitrogens with one attached hydrogen (secondary N) is 1. The Morgan fingerprint density at radius 3 is 2.16 bits per heavy atom. The van der Waals surface area contributed by atoms with Crippen molar-refractivity contribution in [2.24, 2.45) is 17.3 Å². The van der Waals surface area contributed by atoms with Gasteiger partial charge in [-0.25, -0.2) is 0 Å². The lowest BCUT2D eigenvalue weighted by Gasteiger charge is -2.37. The van der Waals surface area contributed by atoms with Crippen molar-refractivity contribution in [2.75, 3.05) is 7.05 Å². The predicted octanol–water partition coefficient (Wildman–Crippen LogP) is 2.72. The van der Waals surface area contributed by atoms with Gasteiger partial charge in [-0.3, -0.25) is 0 Å². The van der Waals surface area contributed by atoms with Crippen LogP contribution in [-0.4, -0.2) is 12.6 Å². The van der Waals surface area contributed by atoms with E-state index in [0.717, 1.165) is 0 Å². The maximum atomic E-state index is 9.57. The van der Waals surface area contributed by atoms with Crippen LogP contribution in [-0.2, 0) is 0 Å². The first-order valence-electron chi connectivity index (χ1n) is 8.20. The predicted molar refractivity (Wildman–Crippen MR) is 91.7 cm³/mol. The summed E-state index contributed by atoms with van der Waals surface area (Å²) in [5, 5.41) is 41.4. The molecule has 2 rings (SSSR count). The van der Waals surface area contributed by atoms with Gasteiger partial charge in [0.15, 0.2) is 0 Å². The molecule has 0 spiro atoms. The van der Waals surface area contributed by atoms with Crippen molar-refractivity contribution >= 4 is 0 Å². The third-order valence-electron chi connectivity index (χ3n) is 5.66. The van der Waals surface area contributed by atoms with Crippen LogP contribution in [0.1, 0.15) is 33.6 Å². The molecule has 1 N–H and O–H groups in total. The van der Waals surface area contributed by atoms with E-state index in [1.54, 1.807) is 7.05 Å². The van der Waals surface area contributed by atoms with Crippen LogP contribution < -0.4 is 5.32 Å². The third-order valence-corrected chi connectivity index (χ3v) is 5.66. The van der Waals surface area contributed by atoms with Gasteiger partial charge in [0.25, 0.3) is 0 Å². The van der Waals surface area contributed by atoms with E-state index < -0.39 is 11.0 Å². The van der Waals surface area contributed by atoms with Crippen LogP contribution in [0.15, 0.2) is 22.3 Å². The number of hydrogen-bond donors (Lipinski definition) is 1. The molecule has 0 bridgehead atoms. The van der Waals surface area contributed by atoms with Gasteiger partial charge in [0.1, 0.15) is 35.4 Å². The Morgan fingerprint density at radius 2 is 1.72 bits per heavy atom. The number of hydrogen-bond acceptors (Lipinski definition) is 5. The SMILES string of the molecule is CC[C@@]12C#CCC(C)[C@@H]1C(=C(C#N)C#N)C(C)(NC)C2=C(C#N)C#N. The summed E-state index contributed by atoms with van der Waals surface area (Å²) in [4.78, 5) is 0. The average molecular weight is 329 g/mol. The Labute approximate surface area is 148 Å². The van der Waals surface area contributed by atoms with E-state index in [9.17, 15) is 21.0 Å². The van der Waals surface area contributed by atoms with Crippen molar-refractivity contribution in [1.82, 2.24) is 5.32 Å². The number of nitrogens with zero attached hydrogens (tertiary/aromatic N) is 4. The highest BCUT2D eigenvalue weighted by molar-refractivity contribution is 5.65. The van der Waals surface area contributed by atoms with Crippen LogP contribution in [0.25, 0.3) is 0 Å². The zero-order chi connectivity index (χ0) is 18.8. The summed E-state index contributed by atoms with van der Waals surface area (Å²) >= 11 is 0. The number of nitriles is 4. The van der Waals surface area contributed by atoms with Gasteiger partial charge >= 0.3 is 0 Å². The molecular formula is C20H19N5. The van der Waals surface area contributed by atoms with E-state index in [1.165, 1.54) is 0 Å². The Bertz CT molecular complexity index is 867. The van der Waals surface area contributed by atoms with Crippen molar-refractivity contribution in [1.29, 1.82) is 21.0 Å². The van der Waals surface area contributed by atoms with Crippen LogP contribution in [0.2, 0.25) is 0 Å². The zero-order valence-corrected chi connectivity index (χ0v) is 14.9. The minimum absolute atomic E-state index is 0.0114. The largest absolute Gasteiger partial charge is 0.307 e. The summed E-state index contributed by atoms with van der Waals surface area (Å²) in [6.07, 6.45) is 1.25. The van der Waals surface area contributed by atoms with Crippen LogP contribution in [0.4, 0.5) is 0 Å². The van der Waals surface area contributed by atoms with Gasteiger partial charge in [-0.15, -0.1) is 5.92 Å². The smallest absolute Gasteiger partial charge is 0.132 e. The van der Waals surface area contributed by atoms with Gasteiger partial charge in [-0.1, -0.05) is 19.8 Å². The quantitative estimate of drug-likeness (QED) is 0.619. The van der Waals surface area contributed by atoms with Gasteiger partial charge in [0.05, 0.1) is 11.0 Å². The van der Waals surface area contributed by atoms with Crippen molar-refractivity contribution in [3.05, 3.63) is 22.3 Å². The van der Waals surface area contributed by atoms with Crippen molar-refractivity contribution in [2.45, 2.75) is 39.2 Å². The standard InChI is InChI=1S/C20H19N5/c1-5-20-8-6-7-13(2)16(20)17(14(9-21)10-22)19(3,25-4)18(20)15(11-23)12-24/h13,16,25H,5,7H2,1-4H3/t13?,16-,19?,20-/m1/s1. The summed E-state index contributed by atoms with van der Waals surface area (Å²) in [5.74, 6) is 6.39. The molecule has 0 aliphatic heterocycles. The normalized spacial score (nSPS) is 32.2. The van der Waals surface area contributed by atoms with E-state index in [4.69, 9.17) is 0 Å². The van der Waals surface area contributed by atoms with Gasteiger partial charge < -0.3 is 5.32 Å². The lowest BCUT2D eigenvalue weighted by molar-refractivity contribution is 0.260. The molecule has 1 saturated carbocycles. The lowest BCUT2D eigenvalue weighted by atomic mass is 9.64. The van der Waals surface area contributed by atoms with Gasteiger partial charge in [-0.05, 0) is 31.9 Å². The highest BCUT2D eigenvalue weighted by Crippen LogP contribution is 2.62. The Hall–Kier alpha value is -3.04. The van der Waals surface area contributed by atoms with Crippen molar-refractivity contribution in [3.8, 4) is 36.1 Å². The monoisotopic (exact) mass is 329 g/mol. The Balaban J connectivity index is 3.12. The second kappa shape index (κ2) is 6.46. The van der Waals surface area contributed by atoms with Crippen molar-refractivity contribution < 1.29 is 0 Å². The lowest BCUT2D eigenvalue weighted by Crippen LogP contribution is -2.43. The molecule has 0 aromatic carbocycles. The first kappa shape index (κ1) is 18.3. The van der Waals surface area contributed by atoms with Crippen molar-refractivity contribution in [3.63, 3.8) is 0 Å². The number of fused-ring (bicyclic) bond motifs is 1. The highest BCUT2D eigenvalue weighted by Gasteiger charge is 2.62. The molecule has 0 saturated heterocycles. The van der Waals surface area contributed by atoms with Crippen LogP contribution in [0, 0.1) is 74.4 Å². The summed E-state index contributed by atoms with van der Waals surface area (Å²) < 4.78 is 0. The summed E-state index contributed by atoms with van der Waals surface area (Å²) in [6.45, 7) is 5.86. The summed E-state index contributed by atoms with van der Waals surface area (Å²) in [6, 6.07) is 8.05. The fourth-order valence-electron chi connectivity index (χ4n) is 4.60. The molecule has 0 aromatic heterocycles. The minimum atomic E-state index is -0.935. The first-order chi connectivity index (χ1) is 11.9. The second-order valence-electron chi connectivity index (χ2n) is 6.65. The zero-order valence-electron chi connectivity index (χ0n) is 14.9.